The minimum Gasteiger partial charge on any atom is -0.363 e. The zero-order chi connectivity index (χ0) is 10.7. The van der Waals surface area contributed by atoms with Crippen LogP contribution in [0.5, 0.6) is 0 Å². The molecule has 2 nitrogen and oxygen atoms in total. The summed E-state index contributed by atoms with van der Waals surface area (Å²) in [6.07, 6.45) is 3.66. The van der Waals surface area contributed by atoms with Crippen LogP contribution < -0.4 is 0 Å². The highest BCUT2D eigenvalue weighted by Gasteiger charge is 2.24. The summed E-state index contributed by atoms with van der Waals surface area (Å²) in [5.74, 6) is 0. The second-order valence-corrected chi connectivity index (χ2v) is 3.62. The normalized spacial score (nSPS) is 17.7. The maximum Gasteiger partial charge on any atom is 0.0685 e. The smallest absolute Gasteiger partial charge is 0.0685 e. The van der Waals surface area contributed by atoms with Gasteiger partial charge in [0.25, 0.3) is 0 Å². The lowest BCUT2D eigenvalue weighted by Gasteiger charge is -2.24. The van der Waals surface area contributed by atoms with E-state index in [4.69, 9.17) is 0 Å². The number of aliphatic imine (C=N–C) groups is 1. The van der Waals surface area contributed by atoms with E-state index in [9.17, 15) is 0 Å². The molecule has 2 heteroatoms. The topological polar surface area (TPSA) is 15.6 Å². The Bertz CT molecular complexity index is 308. The molecule has 1 aliphatic heterocycles. The van der Waals surface area contributed by atoms with Gasteiger partial charge in [0.15, 0.2) is 0 Å². The Kier molecular flexibility index (Phi) is 3.28. The average Bonchev–Trinajstić information content (AvgIpc) is 2.43. The van der Waals surface area contributed by atoms with Crippen LogP contribution in [0.15, 0.2) is 41.2 Å². The van der Waals surface area contributed by atoms with E-state index in [2.05, 4.69) is 36.9 Å². The predicted molar refractivity (Wildman–Crippen MR) is 62.4 cm³/mol. The first-order valence-electron chi connectivity index (χ1n) is 4.92. The second kappa shape index (κ2) is 4.27. The van der Waals surface area contributed by atoms with Gasteiger partial charge in [-0.25, -0.2) is 0 Å². The molecule has 0 aromatic heterocycles. The molecule has 0 bridgehead atoms. The first kappa shape index (κ1) is 10.8. The Balaban J connectivity index is 2.98. The van der Waals surface area contributed by atoms with Gasteiger partial charge in [-0.2, -0.15) is 0 Å². The van der Waals surface area contributed by atoms with Gasteiger partial charge >= 0.3 is 0 Å². The summed E-state index contributed by atoms with van der Waals surface area (Å²) in [7, 11) is 0. The highest BCUT2D eigenvalue weighted by Crippen LogP contribution is 2.29. The van der Waals surface area contributed by atoms with E-state index in [1.807, 2.05) is 19.2 Å². The summed E-state index contributed by atoms with van der Waals surface area (Å²) in [5, 5.41) is 0. The predicted octanol–water partition coefficient (Wildman–Crippen LogP) is 2.75. The fourth-order valence-corrected chi connectivity index (χ4v) is 1.66. The third-order valence-corrected chi connectivity index (χ3v) is 2.40. The van der Waals surface area contributed by atoms with Crippen molar-refractivity contribution in [3.05, 3.63) is 36.2 Å². The maximum absolute atomic E-state index is 4.34. The minimum atomic E-state index is 0.460. The second-order valence-electron chi connectivity index (χ2n) is 3.62. The highest BCUT2D eigenvalue weighted by molar-refractivity contribution is 5.58. The molecular weight excluding hydrogens is 172 g/mol. The Morgan fingerprint density at radius 3 is 2.57 bits per heavy atom. The fourth-order valence-electron chi connectivity index (χ4n) is 1.66. The van der Waals surface area contributed by atoms with Crippen molar-refractivity contribution < 1.29 is 0 Å². The van der Waals surface area contributed by atoms with E-state index in [0.717, 1.165) is 23.5 Å². The first-order chi connectivity index (χ1) is 6.61. The molecule has 0 saturated heterocycles. The van der Waals surface area contributed by atoms with Crippen molar-refractivity contribution in [2.45, 2.75) is 26.8 Å². The largest absolute Gasteiger partial charge is 0.363 e. The van der Waals surface area contributed by atoms with Crippen LogP contribution in [0.1, 0.15) is 20.8 Å². The van der Waals surface area contributed by atoms with Crippen LogP contribution in [0.25, 0.3) is 0 Å². The van der Waals surface area contributed by atoms with E-state index in [1.165, 1.54) is 0 Å². The summed E-state index contributed by atoms with van der Waals surface area (Å²) in [5.41, 5.74) is 3.19. The zero-order valence-electron chi connectivity index (χ0n) is 9.25. The summed E-state index contributed by atoms with van der Waals surface area (Å²) < 4.78 is 0. The number of rotatable bonds is 3. The Morgan fingerprint density at radius 2 is 2.14 bits per heavy atom. The van der Waals surface area contributed by atoms with Crippen molar-refractivity contribution in [1.29, 1.82) is 0 Å². The standard InChI is InChI=1S/C12H18N2/c1-6-11-10(5)14(9(3)4)8-12(11)13-7-2/h6-7,9H,1,5,8H2,2-4H3. The van der Waals surface area contributed by atoms with Crippen molar-refractivity contribution in [2.75, 3.05) is 6.54 Å². The number of hydrogen-bond acceptors (Lipinski definition) is 2. The molecule has 1 heterocycles. The molecule has 0 saturated carbocycles. The third kappa shape index (κ3) is 1.79. The number of allylic oxidation sites excluding steroid dienone is 1. The van der Waals surface area contributed by atoms with Crippen LogP contribution in [-0.2, 0) is 0 Å². The van der Waals surface area contributed by atoms with Crippen LogP contribution in [0, 0.1) is 0 Å². The van der Waals surface area contributed by atoms with Gasteiger partial charge in [-0.3, -0.25) is 4.99 Å². The summed E-state index contributed by atoms with van der Waals surface area (Å²) in [6, 6.07) is 0.460. The maximum atomic E-state index is 4.34. The molecule has 76 valence electrons. The van der Waals surface area contributed by atoms with Gasteiger partial charge in [0, 0.05) is 23.5 Å². The summed E-state index contributed by atoms with van der Waals surface area (Å²) in [4.78, 5) is 6.58. The molecule has 0 amide bonds. The molecular formula is C12H18N2. The Morgan fingerprint density at radius 1 is 1.50 bits per heavy atom. The van der Waals surface area contributed by atoms with Crippen LogP contribution in [0.3, 0.4) is 0 Å². The molecule has 1 rings (SSSR count). The lowest BCUT2D eigenvalue weighted by atomic mass is 10.2. The van der Waals surface area contributed by atoms with E-state index >= 15 is 0 Å². The monoisotopic (exact) mass is 190 g/mol. The van der Waals surface area contributed by atoms with E-state index in [1.54, 1.807) is 0 Å². The SMILES string of the molecule is C=CC1=C(N=CC)CN(C(C)C)C1=C. The lowest BCUT2D eigenvalue weighted by molar-refractivity contribution is 0.330. The van der Waals surface area contributed by atoms with Crippen LogP contribution >= 0.6 is 0 Å². The van der Waals surface area contributed by atoms with Crippen molar-refractivity contribution in [3.63, 3.8) is 0 Å². The van der Waals surface area contributed by atoms with E-state index in [0.29, 0.717) is 6.04 Å². The zero-order valence-corrected chi connectivity index (χ0v) is 9.25. The summed E-state index contributed by atoms with van der Waals surface area (Å²) in [6.45, 7) is 15.0. The van der Waals surface area contributed by atoms with Gasteiger partial charge in [-0.15, -0.1) is 0 Å². The highest BCUT2D eigenvalue weighted by atomic mass is 15.2. The number of nitrogens with zero attached hydrogens (tertiary/aromatic N) is 2. The lowest BCUT2D eigenvalue weighted by Crippen LogP contribution is -2.27. The molecule has 0 spiro atoms. The van der Waals surface area contributed by atoms with Crippen molar-refractivity contribution in [1.82, 2.24) is 4.90 Å². The molecule has 1 aliphatic rings. The third-order valence-electron chi connectivity index (χ3n) is 2.40. The quantitative estimate of drug-likeness (QED) is 0.625. The minimum absolute atomic E-state index is 0.460. The van der Waals surface area contributed by atoms with Gasteiger partial charge in [-0.1, -0.05) is 19.2 Å². The Hall–Kier alpha value is -1.31. The number of hydrogen-bond donors (Lipinski definition) is 0. The van der Waals surface area contributed by atoms with Gasteiger partial charge in [-0.05, 0) is 20.8 Å². The van der Waals surface area contributed by atoms with Crippen LogP contribution in [0.2, 0.25) is 0 Å². The van der Waals surface area contributed by atoms with Gasteiger partial charge in [0.1, 0.15) is 0 Å². The fraction of sp³-hybridized carbons (Fsp3) is 0.417. The van der Waals surface area contributed by atoms with E-state index < -0.39 is 0 Å². The molecule has 0 radical (unpaired) electrons. The molecule has 0 atom stereocenters. The first-order valence-corrected chi connectivity index (χ1v) is 4.92. The van der Waals surface area contributed by atoms with Crippen molar-refractivity contribution in [3.8, 4) is 0 Å². The van der Waals surface area contributed by atoms with Crippen LogP contribution in [0.4, 0.5) is 0 Å². The average molecular weight is 190 g/mol. The van der Waals surface area contributed by atoms with Gasteiger partial charge in [0.2, 0.25) is 0 Å². The van der Waals surface area contributed by atoms with Gasteiger partial charge in [0.05, 0.1) is 12.2 Å². The molecule has 0 unspecified atom stereocenters. The molecule has 0 N–H and O–H groups in total. The molecule has 0 aliphatic carbocycles. The molecule has 14 heavy (non-hydrogen) atoms. The molecule has 0 aromatic carbocycles. The van der Waals surface area contributed by atoms with Crippen molar-refractivity contribution >= 4 is 6.21 Å². The molecule has 0 fully saturated rings. The van der Waals surface area contributed by atoms with Crippen LogP contribution in [-0.4, -0.2) is 23.7 Å². The summed E-state index contributed by atoms with van der Waals surface area (Å²) >= 11 is 0. The Labute approximate surface area is 86.3 Å². The molecule has 0 aromatic rings. The van der Waals surface area contributed by atoms with E-state index in [-0.39, 0.29) is 0 Å². The van der Waals surface area contributed by atoms with Gasteiger partial charge < -0.3 is 4.90 Å². The van der Waals surface area contributed by atoms with Crippen molar-refractivity contribution in [2.24, 2.45) is 4.99 Å².